The normalized spacial score (nSPS) is 15.8. The lowest BCUT2D eigenvalue weighted by Crippen LogP contribution is -2.35. The Morgan fingerprint density at radius 2 is 1.97 bits per heavy atom. The van der Waals surface area contributed by atoms with Crippen LogP contribution in [0.3, 0.4) is 0 Å². The number of urea groups is 1. The van der Waals surface area contributed by atoms with Crippen LogP contribution in [0.15, 0.2) is 12.4 Å². The van der Waals surface area contributed by atoms with Gasteiger partial charge < -0.3 is 10.6 Å². The molecule has 8 nitrogen and oxygen atoms in total. The van der Waals surface area contributed by atoms with Crippen LogP contribution >= 0.6 is 23.3 Å². The van der Waals surface area contributed by atoms with Gasteiger partial charge in [0.2, 0.25) is 5.95 Å². The second-order valence-electron chi connectivity index (χ2n) is 7.27. The van der Waals surface area contributed by atoms with E-state index in [1.54, 1.807) is 25.8 Å². The molecule has 3 heterocycles. The Morgan fingerprint density at radius 1 is 1.26 bits per heavy atom. The van der Waals surface area contributed by atoms with Gasteiger partial charge in [-0.1, -0.05) is 23.3 Å². The maximum atomic E-state index is 13.6. The minimum absolute atomic E-state index is 0.0884. The number of hydrogen-bond acceptors (Lipinski definition) is 8. The smallest absolute Gasteiger partial charge is 0.351 e. The number of piperidine rings is 1. The van der Waals surface area contributed by atoms with Crippen molar-refractivity contribution in [1.82, 2.24) is 24.6 Å². The molecule has 0 saturated carbocycles. The first-order valence-electron chi connectivity index (χ1n) is 9.69. The summed E-state index contributed by atoms with van der Waals surface area (Å²) >= 11 is 2.60. The molecule has 1 aliphatic heterocycles. The van der Waals surface area contributed by atoms with Crippen LogP contribution in [-0.4, -0.2) is 56.7 Å². The summed E-state index contributed by atoms with van der Waals surface area (Å²) in [5, 5.41) is 8.49. The molecule has 1 aliphatic rings. The van der Waals surface area contributed by atoms with Crippen LogP contribution in [-0.2, 0) is 6.18 Å². The van der Waals surface area contributed by atoms with E-state index in [1.165, 1.54) is 6.20 Å². The topological polar surface area (TPSA) is 95.1 Å². The summed E-state index contributed by atoms with van der Waals surface area (Å²) in [6, 6.07) is -0.477. The molecule has 0 radical (unpaired) electrons. The maximum Gasteiger partial charge on any atom is 0.420 e. The maximum absolute atomic E-state index is 13.6. The molecule has 0 atom stereocenters. The molecule has 3 N–H and O–H groups in total. The number of nitrogens with zero attached hydrogens (tertiary/aromatic N) is 4. The molecule has 170 valence electrons. The first-order valence-corrected chi connectivity index (χ1v) is 11.7. The quantitative estimate of drug-likeness (QED) is 0.536. The number of carbonyl (C=O) groups is 1. The summed E-state index contributed by atoms with van der Waals surface area (Å²) in [4.78, 5) is 24.1. The molecule has 2 aromatic heterocycles. The number of hydrogen-bond donors (Lipinski definition) is 3. The standard InChI is InChI=1S/C18H24F3N7OS2/c1-10(2)24-16(29)27-17-23-9-13(31-17)14-12(18(19,20)21)8-22-15(26-14)25-11-4-6-28(30-3)7-5-11/h8-11H,4-7H2,1-3H3,(H,22,25,26)(H2,23,24,27,29). The molecule has 1 fully saturated rings. The number of anilines is 2. The Kier molecular flexibility index (Phi) is 7.59. The van der Waals surface area contributed by atoms with Crippen LogP contribution in [0.1, 0.15) is 32.3 Å². The zero-order valence-electron chi connectivity index (χ0n) is 17.3. The summed E-state index contributed by atoms with van der Waals surface area (Å²) in [5.41, 5.74) is -1.21. The second kappa shape index (κ2) is 10.0. The lowest BCUT2D eigenvalue weighted by molar-refractivity contribution is -0.137. The number of amides is 2. The SMILES string of the molecule is CSN1CCC(Nc2ncc(C(F)(F)F)c(-c3cnc(NC(=O)NC(C)C)s3)n2)CC1. The van der Waals surface area contributed by atoms with Crippen molar-refractivity contribution in [3.63, 3.8) is 0 Å². The number of halogens is 3. The highest BCUT2D eigenvalue weighted by molar-refractivity contribution is 7.96. The van der Waals surface area contributed by atoms with Gasteiger partial charge in [-0.3, -0.25) is 9.62 Å². The average Bonchev–Trinajstić information content (AvgIpc) is 3.15. The fourth-order valence-electron chi connectivity index (χ4n) is 3.05. The van der Waals surface area contributed by atoms with E-state index >= 15 is 0 Å². The van der Waals surface area contributed by atoms with Crippen LogP contribution in [0, 0.1) is 0 Å². The first kappa shape index (κ1) is 23.5. The van der Waals surface area contributed by atoms with Crippen molar-refractivity contribution < 1.29 is 18.0 Å². The van der Waals surface area contributed by atoms with Gasteiger partial charge in [0.05, 0.1) is 10.6 Å². The molecule has 1 saturated heterocycles. The summed E-state index contributed by atoms with van der Waals surface area (Å²) in [6.45, 7) is 5.36. The Balaban J connectivity index is 1.81. The number of nitrogens with one attached hydrogen (secondary N) is 3. The van der Waals surface area contributed by atoms with Crippen molar-refractivity contribution in [2.75, 3.05) is 30.0 Å². The van der Waals surface area contributed by atoms with E-state index in [0.29, 0.717) is 0 Å². The molecule has 0 unspecified atom stereocenters. The molecule has 0 bridgehead atoms. The minimum atomic E-state index is -4.62. The van der Waals surface area contributed by atoms with E-state index in [-0.39, 0.29) is 33.7 Å². The van der Waals surface area contributed by atoms with Crippen molar-refractivity contribution in [3.8, 4) is 10.6 Å². The highest BCUT2D eigenvalue weighted by Gasteiger charge is 2.36. The summed E-state index contributed by atoms with van der Waals surface area (Å²) in [5.74, 6) is 0.145. The Morgan fingerprint density at radius 3 is 2.58 bits per heavy atom. The molecule has 13 heteroatoms. The van der Waals surface area contributed by atoms with Gasteiger partial charge in [0.25, 0.3) is 0 Å². The van der Waals surface area contributed by atoms with Crippen LogP contribution in [0.4, 0.5) is 29.0 Å². The van der Waals surface area contributed by atoms with Crippen molar-refractivity contribution in [2.24, 2.45) is 0 Å². The molecule has 0 spiro atoms. The van der Waals surface area contributed by atoms with Gasteiger partial charge in [0.15, 0.2) is 5.13 Å². The third-order valence-corrected chi connectivity index (χ3v) is 6.32. The Hall–Kier alpha value is -2.12. The summed E-state index contributed by atoms with van der Waals surface area (Å²) < 4.78 is 42.9. The van der Waals surface area contributed by atoms with Crippen LogP contribution in [0.25, 0.3) is 10.6 Å². The summed E-state index contributed by atoms with van der Waals surface area (Å²) in [6.07, 6.45) is 1.15. The zero-order chi connectivity index (χ0) is 22.6. The first-order chi connectivity index (χ1) is 14.7. The van der Waals surface area contributed by atoms with Gasteiger partial charge in [-0.2, -0.15) is 13.2 Å². The van der Waals surface area contributed by atoms with Crippen LogP contribution < -0.4 is 16.0 Å². The molecular formula is C18H24F3N7OS2. The van der Waals surface area contributed by atoms with E-state index in [1.807, 2.05) is 6.26 Å². The van der Waals surface area contributed by atoms with Crippen molar-refractivity contribution in [2.45, 2.75) is 44.9 Å². The number of alkyl halides is 3. The van der Waals surface area contributed by atoms with E-state index in [9.17, 15) is 18.0 Å². The molecular weight excluding hydrogens is 451 g/mol. The van der Waals surface area contributed by atoms with Gasteiger partial charge >= 0.3 is 12.2 Å². The number of carbonyl (C=O) groups excluding carboxylic acids is 1. The molecule has 0 aliphatic carbocycles. The molecule has 0 aromatic carbocycles. The second-order valence-corrected chi connectivity index (χ2v) is 9.18. The molecule has 2 amide bonds. The fourth-order valence-corrected chi connectivity index (χ4v) is 4.44. The van der Waals surface area contributed by atoms with E-state index in [4.69, 9.17) is 0 Å². The lowest BCUT2D eigenvalue weighted by atomic mass is 10.1. The Labute approximate surface area is 186 Å². The monoisotopic (exact) mass is 475 g/mol. The largest absolute Gasteiger partial charge is 0.420 e. The van der Waals surface area contributed by atoms with Gasteiger partial charge in [-0.25, -0.2) is 19.7 Å². The van der Waals surface area contributed by atoms with Crippen molar-refractivity contribution >= 4 is 40.4 Å². The Bertz CT molecular complexity index is 899. The zero-order valence-corrected chi connectivity index (χ0v) is 18.9. The number of thiazole rings is 1. The summed E-state index contributed by atoms with van der Waals surface area (Å²) in [7, 11) is 0. The van der Waals surface area contributed by atoms with E-state index < -0.39 is 17.8 Å². The van der Waals surface area contributed by atoms with Gasteiger partial charge in [0, 0.05) is 37.6 Å². The van der Waals surface area contributed by atoms with Crippen LogP contribution in [0.2, 0.25) is 0 Å². The van der Waals surface area contributed by atoms with Crippen LogP contribution in [0.5, 0.6) is 0 Å². The van der Waals surface area contributed by atoms with E-state index in [2.05, 4.69) is 35.2 Å². The highest BCUT2D eigenvalue weighted by atomic mass is 32.2. The van der Waals surface area contributed by atoms with Crippen molar-refractivity contribution in [3.05, 3.63) is 18.0 Å². The number of aromatic nitrogens is 3. The van der Waals surface area contributed by atoms with E-state index in [0.717, 1.165) is 43.5 Å². The van der Waals surface area contributed by atoms with Gasteiger partial charge in [0.1, 0.15) is 5.56 Å². The molecule has 3 rings (SSSR count). The highest BCUT2D eigenvalue weighted by Crippen LogP contribution is 2.39. The van der Waals surface area contributed by atoms with Gasteiger partial charge in [-0.05, 0) is 32.9 Å². The molecule has 31 heavy (non-hydrogen) atoms. The lowest BCUT2D eigenvalue weighted by Gasteiger charge is -2.30. The average molecular weight is 476 g/mol. The third-order valence-electron chi connectivity index (χ3n) is 4.52. The minimum Gasteiger partial charge on any atom is -0.351 e. The predicted molar refractivity (Wildman–Crippen MR) is 117 cm³/mol. The number of rotatable bonds is 6. The third kappa shape index (κ3) is 6.43. The van der Waals surface area contributed by atoms with Crippen molar-refractivity contribution in [1.29, 1.82) is 0 Å². The predicted octanol–water partition coefficient (Wildman–Crippen LogP) is 4.30. The van der Waals surface area contributed by atoms with Gasteiger partial charge in [-0.15, -0.1) is 0 Å². The molecule has 2 aromatic rings. The fraction of sp³-hybridized carbons (Fsp3) is 0.556.